The third kappa shape index (κ3) is 8.53. The summed E-state index contributed by atoms with van der Waals surface area (Å²) in [6.07, 6.45) is 6.65. The van der Waals surface area contributed by atoms with Gasteiger partial charge in [0.15, 0.2) is 0 Å². The van der Waals surface area contributed by atoms with Gasteiger partial charge in [-0.15, -0.1) is 0 Å². The minimum absolute atomic E-state index is 0.253. The van der Waals surface area contributed by atoms with E-state index in [0.717, 1.165) is 51.5 Å². The summed E-state index contributed by atoms with van der Waals surface area (Å²) in [5.41, 5.74) is 2.66. The third-order valence-corrected chi connectivity index (χ3v) is 5.90. The number of carbonyl (C=O) groups excluding carboxylic acids is 1. The van der Waals surface area contributed by atoms with E-state index in [9.17, 15) is 4.79 Å². The molecular weight excluding hydrogens is 396 g/mol. The Kier molecular flexibility index (Phi) is 9.72. The number of nitrogens with zero attached hydrogens (tertiary/aromatic N) is 2. The Bertz CT molecular complexity index is 749. The molecule has 7 nitrogen and oxygen atoms in total. The van der Waals surface area contributed by atoms with Crippen molar-refractivity contribution in [1.82, 2.24) is 9.80 Å². The first kappa shape index (κ1) is 24.6. The van der Waals surface area contributed by atoms with E-state index in [1.54, 1.807) is 0 Å². The molecule has 0 spiro atoms. The standard InChI is InChI=1S/C22H32N2O.C2H2O4/c1-18-8-14-24(15-9-18)22(25)21-10-12-23(13-11-21)17-19(2)16-20-6-4-3-5-7-20;3-1(4)2(5)6/h3-7,16,18,21H,8-15,17H2,1-2H3;(H,3,4)(H,5,6)/b19-16+;. The molecule has 7 heteroatoms. The van der Waals surface area contributed by atoms with Gasteiger partial charge in [-0.05, 0) is 57.2 Å². The average molecular weight is 431 g/mol. The zero-order chi connectivity index (χ0) is 22.8. The van der Waals surface area contributed by atoms with Gasteiger partial charge in [0.1, 0.15) is 0 Å². The number of carbonyl (C=O) groups is 3. The maximum Gasteiger partial charge on any atom is 0.414 e. The van der Waals surface area contributed by atoms with Crippen LogP contribution in [0.5, 0.6) is 0 Å². The molecule has 0 radical (unpaired) electrons. The van der Waals surface area contributed by atoms with Gasteiger partial charge in [0.25, 0.3) is 0 Å². The van der Waals surface area contributed by atoms with Crippen LogP contribution in [-0.4, -0.2) is 70.6 Å². The average Bonchev–Trinajstić information content (AvgIpc) is 2.75. The minimum atomic E-state index is -1.82. The molecule has 0 bridgehead atoms. The zero-order valence-electron chi connectivity index (χ0n) is 18.5. The van der Waals surface area contributed by atoms with Gasteiger partial charge in [0.05, 0.1) is 0 Å². The normalized spacial score (nSPS) is 18.8. The van der Waals surface area contributed by atoms with Gasteiger partial charge in [-0.25, -0.2) is 9.59 Å². The molecule has 0 aliphatic carbocycles. The summed E-state index contributed by atoms with van der Waals surface area (Å²) >= 11 is 0. The fraction of sp³-hybridized carbons (Fsp3) is 0.542. The monoisotopic (exact) mass is 430 g/mol. The first-order chi connectivity index (χ1) is 14.8. The van der Waals surface area contributed by atoms with Crippen LogP contribution in [0.25, 0.3) is 6.08 Å². The Balaban J connectivity index is 0.000000501. The van der Waals surface area contributed by atoms with Crippen molar-refractivity contribution >= 4 is 23.9 Å². The fourth-order valence-corrected chi connectivity index (χ4v) is 4.06. The van der Waals surface area contributed by atoms with E-state index in [1.165, 1.54) is 24.0 Å². The number of carboxylic acids is 2. The highest BCUT2D eigenvalue weighted by molar-refractivity contribution is 6.27. The van der Waals surface area contributed by atoms with Gasteiger partial charge in [0, 0.05) is 25.6 Å². The second kappa shape index (κ2) is 12.2. The molecule has 3 rings (SSSR count). The summed E-state index contributed by atoms with van der Waals surface area (Å²) in [6, 6.07) is 10.5. The van der Waals surface area contributed by atoms with Crippen molar-refractivity contribution in [2.75, 3.05) is 32.7 Å². The lowest BCUT2D eigenvalue weighted by Crippen LogP contribution is -2.45. The minimum Gasteiger partial charge on any atom is -0.473 e. The van der Waals surface area contributed by atoms with Crippen molar-refractivity contribution in [3.05, 3.63) is 41.5 Å². The van der Waals surface area contributed by atoms with Gasteiger partial charge in [0.2, 0.25) is 5.91 Å². The molecule has 1 amide bonds. The van der Waals surface area contributed by atoms with Crippen LogP contribution in [0.1, 0.15) is 45.1 Å². The smallest absolute Gasteiger partial charge is 0.414 e. The lowest BCUT2D eigenvalue weighted by molar-refractivity contribution is -0.159. The van der Waals surface area contributed by atoms with E-state index in [-0.39, 0.29) is 5.92 Å². The third-order valence-electron chi connectivity index (χ3n) is 5.90. The number of carboxylic acid groups (broad SMARTS) is 2. The van der Waals surface area contributed by atoms with Crippen molar-refractivity contribution < 1.29 is 24.6 Å². The summed E-state index contributed by atoms with van der Waals surface area (Å²) in [7, 11) is 0. The molecule has 2 aliphatic heterocycles. The summed E-state index contributed by atoms with van der Waals surface area (Å²) in [6.45, 7) is 9.54. The largest absolute Gasteiger partial charge is 0.473 e. The highest BCUT2D eigenvalue weighted by Crippen LogP contribution is 2.24. The zero-order valence-corrected chi connectivity index (χ0v) is 18.5. The Morgan fingerprint density at radius 1 is 0.935 bits per heavy atom. The van der Waals surface area contributed by atoms with Crippen LogP contribution in [0.3, 0.4) is 0 Å². The number of benzene rings is 1. The number of hydrogen-bond donors (Lipinski definition) is 2. The summed E-state index contributed by atoms with van der Waals surface area (Å²) < 4.78 is 0. The summed E-state index contributed by atoms with van der Waals surface area (Å²) in [5.74, 6) is -2.19. The number of amides is 1. The Labute approximate surface area is 184 Å². The topological polar surface area (TPSA) is 98.2 Å². The first-order valence-corrected chi connectivity index (χ1v) is 11.0. The maximum absolute atomic E-state index is 12.7. The molecule has 2 heterocycles. The van der Waals surface area contributed by atoms with Crippen molar-refractivity contribution in [2.45, 2.75) is 39.5 Å². The fourth-order valence-electron chi connectivity index (χ4n) is 4.06. The molecule has 31 heavy (non-hydrogen) atoms. The van der Waals surface area contributed by atoms with E-state index in [1.807, 2.05) is 0 Å². The van der Waals surface area contributed by atoms with Crippen molar-refractivity contribution in [3.63, 3.8) is 0 Å². The van der Waals surface area contributed by atoms with Gasteiger partial charge in [-0.2, -0.15) is 0 Å². The van der Waals surface area contributed by atoms with Crippen LogP contribution in [-0.2, 0) is 14.4 Å². The number of likely N-dealkylation sites (tertiary alicyclic amines) is 2. The molecule has 2 fully saturated rings. The highest BCUT2D eigenvalue weighted by atomic mass is 16.4. The van der Waals surface area contributed by atoms with Crippen LogP contribution in [0, 0.1) is 11.8 Å². The van der Waals surface area contributed by atoms with Crippen LogP contribution in [0.4, 0.5) is 0 Å². The number of rotatable bonds is 4. The Hall–Kier alpha value is -2.67. The van der Waals surface area contributed by atoms with E-state index in [0.29, 0.717) is 5.91 Å². The number of aliphatic carboxylic acids is 2. The molecule has 0 saturated carbocycles. The van der Waals surface area contributed by atoms with Crippen molar-refractivity contribution in [2.24, 2.45) is 11.8 Å². The quantitative estimate of drug-likeness (QED) is 0.712. The van der Waals surface area contributed by atoms with Gasteiger partial charge >= 0.3 is 11.9 Å². The molecule has 0 aromatic heterocycles. The van der Waals surface area contributed by atoms with Gasteiger partial charge in [-0.3, -0.25) is 9.69 Å². The molecular formula is C24H34N2O5. The molecule has 2 saturated heterocycles. The van der Waals surface area contributed by atoms with E-state index in [4.69, 9.17) is 19.8 Å². The molecule has 2 aliphatic rings. The Morgan fingerprint density at radius 2 is 1.48 bits per heavy atom. The van der Waals surface area contributed by atoms with Crippen LogP contribution in [0.15, 0.2) is 35.9 Å². The van der Waals surface area contributed by atoms with Crippen molar-refractivity contribution in [3.8, 4) is 0 Å². The van der Waals surface area contributed by atoms with Gasteiger partial charge < -0.3 is 15.1 Å². The maximum atomic E-state index is 12.7. The predicted molar refractivity (Wildman–Crippen MR) is 120 cm³/mol. The first-order valence-electron chi connectivity index (χ1n) is 11.0. The summed E-state index contributed by atoms with van der Waals surface area (Å²) in [4.78, 5) is 35.5. The summed E-state index contributed by atoms with van der Waals surface area (Å²) in [5, 5.41) is 14.8. The van der Waals surface area contributed by atoms with E-state index >= 15 is 0 Å². The lowest BCUT2D eigenvalue weighted by Gasteiger charge is -2.36. The van der Waals surface area contributed by atoms with Crippen LogP contribution in [0.2, 0.25) is 0 Å². The van der Waals surface area contributed by atoms with E-state index in [2.05, 4.69) is 60.1 Å². The van der Waals surface area contributed by atoms with E-state index < -0.39 is 11.9 Å². The molecule has 170 valence electrons. The second-order valence-corrected chi connectivity index (χ2v) is 8.57. The highest BCUT2D eigenvalue weighted by Gasteiger charge is 2.30. The van der Waals surface area contributed by atoms with Gasteiger partial charge in [-0.1, -0.05) is 48.9 Å². The molecule has 0 unspecified atom stereocenters. The SMILES string of the molecule is C/C(=C\c1ccccc1)CN1CCC(C(=O)N2CCC(C)CC2)CC1.O=C(O)C(=O)O. The lowest BCUT2D eigenvalue weighted by atomic mass is 9.92. The molecule has 1 aromatic carbocycles. The Morgan fingerprint density at radius 3 is 2.00 bits per heavy atom. The van der Waals surface area contributed by atoms with Crippen LogP contribution < -0.4 is 0 Å². The number of hydrogen-bond acceptors (Lipinski definition) is 4. The molecule has 2 N–H and O–H groups in total. The van der Waals surface area contributed by atoms with Crippen molar-refractivity contribution in [1.29, 1.82) is 0 Å². The molecule has 0 atom stereocenters. The second-order valence-electron chi connectivity index (χ2n) is 8.57. The number of piperidine rings is 2. The molecule has 1 aromatic rings. The van der Waals surface area contributed by atoms with Crippen LogP contribution >= 0.6 is 0 Å². The predicted octanol–water partition coefficient (Wildman–Crippen LogP) is 3.22.